The van der Waals surface area contributed by atoms with Gasteiger partial charge in [0, 0.05) is 18.4 Å². The Morgan fingerprint density at radius 1 is 0.833 bits per heavy atom. The fourth-order valence-corrected chi connectivity index (χ4v) is 10.6. The van der Waals surface area contributed by atoms with Crippen LogP contribution in [0.5, 0.6) is 5.75 Å². The van der Waals surface area contributed by atoms with Crippen molar-refractivity contribution in [1.82, 2.24) is 0 Å². The summed E-state index contributed by atoms with van der Waals surface area (Å²) < 4.78 is 28.5. The minimum absolute atomic E-state index is 0.110. The van der Waals surface area contributed by atoms with Crippen LogP contribution in [-0.4, -0.2) is 30.3 Å². The van der Waals surface area contributed by atoms with Crippen molar-refractivity contribution in [2.24, 2.45) is 10.9 Å². The lowest BCUT2D eigenvalue weighted by molar-refractivity contribution is 0.0142. The van der Waals surface area contributed by atoms with Gasteiger partial charge in [-0.05, 0) is 98.1 Å². The monoisotopic (exact) mass is 733 g/mol. The lowest BCUT2D eigenvalue weighted by Crippen LogP contribution is -2.48. The molecule has 4 unspecified atom stereocenters. The number of ether oxygens (including phenoxy) is 1. The topological polar surface area (TPSA) is 49.3 Å². The van der Waals surface area contributed by atoms with Crippen LogP contribution in [0.25, 0.3) is 16.3 Å². The summed E-state index contributed by atoms with van der Waals surface area (Å²) in [5.41, 5.74) is 11.5. The number of aryl methyl sites for hydroxylation is 4. The molecule has 0 bridgehead atoms. The number of rotatable bonds is 8. The molecule has 0 aromatic heterocycles. The average molecular weight is 734 g/mol. The van der Waals surface area contributed by atoms with Gasteiger partial charge in [0.15, 0.2) is 5.90 Å². The zero-order valence-electron chi connectivity index (χ0n) is 31.7. The molecule has 4 aromatic carbocycles. The van der Waals surface area contributed by atoms with Crippen LogP contribution in [0.1, 0.15) is 64.6 Å². The maximum atomic E-state index is 7.64. The summed E-state index contributed by atoms with van der Waals surface area (Å²) in [6.07, 6.45) is 20.1. The molecule has 54 heavy (non-hydrogen) atoms. The van der Waals surface area contributed by atoms with Gasteiger partial charge in [-0.25, -0.2) is 4.99 Å². The minimum atomic E-state index is -1.90. The normalized spacial score (nSPS) is 23.2. The Morgan fingerprint density at radius 3 is 2.30 bits per heavy atom. The number of allylic oxidation sites excluding steroid dienone is 7. The third kappa shape index (κ3) is 6.94. The zero-order valence-corrected chi connectivity index (χ0v) is 32.6. The van der Waals surface area contributed by atoms with Crippen molar-refractivity contribution in [3.8, 4) is 5.75 Å². The van der Waals surface area contributed by atoms with Gasteiger partial charge >= 0.3 is 8.60 Å². The largest absolute Gasteiger partial charge is 0.478 e. The van der Waals surface area contributed by atoms with Gasteiger partial charge in [0.25, 0.3) is 0 Å². The zero-order chi connectivity index (χ0) is 36.8. The van der Waals surface area contributed by atoms with Crippen LogP contribution in [0.15, 0.2) is 131 Å². The Labute approximate surface area is 320 Å². The van der Waals surface area contributed by atoms with Gasteiger partial charge in [0.05, 0.1) is 12.0 Å². The second-order valence-corrected chi connectivity index (χ2v) is 16.8. The average Bonchev–Trinajstić information content (AvgIpc) is 3.60. The predicted octanol–water partition coefficient (Wildman–Crippen LogP) is 11.7. The first kappa shape index (κ1) is 35.2. The fraction of sp³-hybridized carbons (Fsp3) is 0.312. The molecule has 0 N–H and O–H groups in total. The van der Waals surface area contributed by atoms with Crippen molar-refractivity contribution >= 4 is 30.8 Å². The van der Waals surface area contributed by atoms with Crippen LogP contribution in [0, 0.1) is 33.6 Å². The smallest absolute Gasteiger partial charge is 0.398 e. The summed E-state index contributed by atoms with van der Waals surface area (Å²) in [7, 11) is -1.90. The van der Waals surface area contributed by atoms with Crippen LogP contribution < -0.4 is 4.52 Å². The summed E-state index contributed by atoms with van der Waals surface area (Å²) in [5, 5.41) is 2.38. The molecule has 2 heterocycles. The standard InChI is InChI=1S/C48H48NO4P/c1-31-22-32(2)25-35(24-31)28-48(29-36-26-33(3)23-34(4)27-36,44-30-50-47(49-44)39-14-6-5-7-15-39)53-54-51-42-20-18-37-12-8-10-16-40(37)45(42)46-41-17-11-9-13-38(41)19-21-43(46)52-54/h5-10,12-14,16,18-20,22-27,39,43-44H,11,15,17,21,28-30H2,1-4H3. The van der Waals surface area contributed by atoms with Crippen molar-refractivity contribution in [2.75, 3.05) is 6.61 Å². The van der Waals surface area contributed by atoms with Crippen molar-refractivity contribution < 1.29 is 18.3 Å². The third-order valence-corrected chi connectivity index (χ3v) is 12.6. The molecule has 274 valence electrons. The van der Waals surface area contributed by atoms with E-state index in [1.807, 2.05) is 0 Å². The highest BCUT2D eigenvalue weighted by Crippen LogP contribution is 2.58. The SMILES string of the molecule is Cc1cc(C)cc(CC(Cc2cc(C)cc(C)c2)(OP2Oc3ccc4ccccc4c3C3=C4CCC=CC4=CCC3O2)C2COC(C3C=CC=CC3)=N2)c1. The van der Waals surface area contributed by atoms with Gasteiger partial charge in [-0.3, -0.25) is 9.05 Å². The van der Waals surface area contributed by atoms with E-state index in [4.69, 9.17) is 23.3 Å². The number of fused-ring (bicyclic) bond motifs is 6. The number of hydrogen-bond acceptors (Lipinski definition) is 5. The van der Waals surface area contributed by atoms with E-state index in [1.165, 1.54) is 60.9 Å². The number of benzene rings is 4. The maximum Gasteiger partial charge on any atom is 0.398 e. The first-order chi connectivity index (χ1) is 26.3. The lowest BCUT2D eigenvalue weighted by Gasteiger charge is -2.39. The number of aliphatic imine (C=N–C) groups is 1. The van der Waals surface area contributed by atoms with Gasteiger partial charge in [-0.1, -0.05) is 132 Å². The Hall–Kier alpha value is -4.54. The van der Waals surface area contributed by atoms with Gasteiger partial charge < -0.3 is 9.26 Å². The Bertz CT molecular complexity index is 2220. The molecule has 0 spiro atoms. The molecule has 2 aliphatic heterocycles. The van der Waals surface area contributed by atoms with Gasteiger partial charge in [-0.2, -0.15) is 0 Å². The maximum absolute atomic E-state index is 7.64. The molecule has 0 fully saturated rings. The van der Waals surface area contributed by atoms with Crippen molar-refractivity contribution in [2.45, 2.75) is 84.0 Å². The van der Waals surface area contributed by atoms with Crippen molar-refractivity contribution in [3.63, 3.8) is 0 Å². The molecule has 0 saturated carbocycles. The molecule has 0 amide bonds. The van der Waals surface area contributed by atoms with Crippen LogP contribution >= 0.6 is 8.60 Å². The summed E-state index contributed by atoms with van der Waals surface area (Å²) in [5.74, 6) is 1.71. The van der Waals surface area contributed by atoms with Crippen LogP contribution in [0.4, 0.5) is 0 Å². The summed E-state index contributed by atoms with van der Waals surface area (Å²) in [6, 6.07) is 26.3. The highest BCUT2D eigenvalue weighted by Gasteiger charge is 2.49. The predicted molar refractivity (Wildman–Crippen MR) is 221 cm³/mol. The first-order valence-electron chi connectivity index (χ1n) is 19.4. The second-order valence-electron chi connectivity index (χ2n) is 15.7. The molecule has 5 nitrogen and oxygen atoms in total. The summed E-state index contributed by atoms with van der Waals surface area (Å²) >= 11 is 0. The van der Waals surface area contributed by atoms with Gasteiger partial charge in [0.2, 0.25) is 0 Å². The molecule has 6 heteroatoms. The highest BCUT2D eigenvalue weighted by molar-refractivity contribution is 7.42. The van der Waals surface area contributed by atoms with E-state index >= 15 is 0 Å². The van der Waals surface area contributed by atoms with E-state index < -0.39 is 14.2 Å². The van der Waals surface area contributed by atoms with Crippen LogP contribution in [-0.2, 0) is 26.6 Å². The van der Waals surface area contributed by atoms with Gasteiger partial charge in [-0.15, -0.1) is 0 Å². The fourth-order valence-electron chi connectivity index (χ4n) is 9.20. The molecule has 3 aliphatic carbocycles. The molecule has 9 rings (SSSR count). The lowest BCUT2D eigenvalue weighted by atomic mass is 9.79. The molecule has 4 atom stereocenters. The molecular weight excluding hydrogens is 686 g/mol. The van der Waals surface area contributed by atoms with E-state index in [2.05, 4.69) is 143 Å². The van der Waals surface area contributed by atoms with E-state index in [1.54, 1.807) is 0 Å². The van der Waals surface area contributed by atoms with Gasteiger partial charge in [0.1, 0.15) is 24.0 Å². The quantitative estimate of drug-likeness (QED) is 0.169. The molecule has 0 saturated heterocycles. The Balaban J connectivity index is 1.20. The summed E-state index contributed by atoms with van der Waals surface area (Å²) in [4.78, 5) is 5.43. The van der Waals surface area contributed by atoms with E-state index in [-0.39, 0.29) is 18.1 Å². The first-order valence-corrected chi connectivity index (χ1v) is 20.5. The highest BCUT2D eigenvalue weighted by atomic mass is 31.2. The van der Waals surface area contributed by atoms with E-state index in [0.717, 1.165) is 42.9 Å². The third-order valence-electron chi connectivity index (χ3n) is 11.4. The molecular formula is C48H48NO4P. The van der Waals surface area contributed by atoms with Crippen molar-refractivity contribution in [3.05, 3.63) is 165 Å². The van der Waals surface area contributed by atoms with E-state index in [0.29, 0.717) is 19.4 Å². The minimum Gasteiger partial charge on any atom is -0.478 e. The Morgan fingerprint density at radius 2 is 1.57 bits per heavy atom. The molecule has 0 radical (unpaired) electrons. The second kappa shape index (κ2) is 14.6. The van der Waals surface area contributed by atoms with Crippen LogP contribution in [0.3, 0.4) is 0 Å². The van der Waals surface area contributed by atoms with E-state index in [9.17, 15) is 0 Å². The summed E-state index contributed by atoms with van der Waals surface area (Å²) in [6.45, 7) is 9.11. The number of nitrogens with zero attached hydrogens (tertiary/aromatic N) is 1. The Kier molecular flexibility index (Phi) is 9.51. The molecule has 4 aromatic rings. The van der Waals surface area contributed by atoms with Crippen molar-refractivity contribution in [1.29, 1.82) is 0 Å². The number of hydrogen-bond donors (Lipinski definition) is 0. The molecule has 5 aliphatic rings. The van der Waals surface area contributed by atoms with Crippen LogP contribution in [0.2, 0.25) is 0 Å².